The van der Waals surface area contributed by atoms with Gasteiger partial charge in [0, 0.05) is 37.0 Å². The highest BCUT2D eigenvalue weighted by molar-refractivity contribution is 7.98. The summed E-state index contributed by atoms with van der Waals surface area (Å²) in [7, 11) is 1.69. The fourth-order valence-electron chi connectivity index (χ4n) is 1.85. The van der Waals surface area contributed by atoms with E-state index in [1.807, 2.05) is 6.07 Å². The maximum atomic E-state index is 13.1. The number of hydrogen-bond donors (Lipinski definition) is 1. The van der Waals surface area contributed by atoms with Gasteiger partial charge in [0.15, 0.2) is 0 Å². The van der Waals surface area contributed by atoms with E-state index in [4.69, 9.17) is 4.74 Å². The number of methoxy groups -OCH3 is 1. The van der Waals surface area contributed by atoms with Gasteiger partial charge in [0.25, 0.3) is 0 Å². The van der Waals surface area contributed by atoms with Crippen molar-refractivity contribution in [3.05, 3.63) is 59.7 Å². The van der Waals surface area contributed by atoms with Crippen molar-refractivity contribution in [2.45, 2.75) is 17.2 Å². The number of aromatic nitrogens is 1. The van der Waals surface area contributed by atoms with Gasteiger partial charge in [0.2, 0.25) is 0 Å². The summed E-state index contributed by atoms with van der Waals surface area (Å²) >= 11 is 1.68. The molecule has 2 rings (SSSR count). The lowest BCUT2D eigenvalue weighted by molar-refractivity contribution is 0.199. The molecule has 2 aromatic rings. The summed E-state index contributed by atoms with van der Waals surface area (Å²) in [6.07, 6.45) is 2.92. The number of ether oxygens (including phenoxy) is 1. The number of thioether (sulfide) groups is 1. The van der Waals surface area contributed by atoms with E-state index >= 15 is 0 Å². The fraction of sp³-hybridized carbons (Fsp3) is 0.312. The Bertz CT molecular complexity index is 565. The summed E-state index contributed by atoms with van der Waals surface area (Å²) in [5.41, 5.74) is 2.12. The zero-order valence-corrected chi connectivity index (χ0v) is 12.8. The van der Waals surface area contributed by atoms with Crippen molar-refractivity contribution in [1.82, 2.24) is 10.3 Å². The van der Waals surface area contributed by atoms with Gasteiger partial charge in [-0.25, -0.2) is 4.39 Å². The molecule has 0 saturated heterocycles. The Morgan fingerprint density at radius 2 is 2.14 bits per heavy atom. The molecule has 1 N–H and O–H groups in total. The molecule has 0 fully saturated rings. The smallest absolute Gasteiger partial charge is 0.141 e. The first-order valence-corrected chi connectivity index (χ1v) is 7.77. The molecule has 0 amide bonds. The molecule has 0 unspecified atom stereocenters. The first kappa shape index (κ1) is 15.9. The maximum Gasteiger partial charge on any atom is 0.141 e. The van der Waals surface area contributed by atoms with E-state index in [1.165, 1.54) is 22.7 Å². The molecular weight excluding hydrogens is 287 g/mol. The third-order valence-corrected chi connectivity index (χ3v) is 3.94. The van der Waals surface area contributed by atoms with Crippen LogP contribution in [0.4, 0.5) is 4.39 Å². The molecule has 0 spiro atoms. The van der Waals surface area contributed by atoms with Gasteiger partial charge in [-0.2, -0.15) is 0 Å². The molecule has 0 aliphatic rings. The van der Waals surface area contributed by atoms with Crippen LogP contribution in [0.3, 0.4) is 0 Å². The lowest BCUT2D eigenvalue weighted by Gasteiger charge is -2.07. The van der Waals surface area contributed by atoms with Gasteiger partial charge in [0.05, 0.1) is 12.8 Å². The average Bonchev–Trinajstić information content (AvgIpc) is 2.50. The van der Waals surface area contributed by atoms with Crippen LogP contribution in [0, 0.1) is 5.82 Å². The lowest BCUT2D eigenvalue weighted by atomic mass is 10.2. The minimum absolute atomic E-state index is 0.288. The zero-order valence-electron chi connectivity index (χ0n) is 12.0. The normalized spacial score (nSPS) is 10.8. The highest BCUT2D eigenvalue weighted by Crippen LogP contribution is 2.23. The number of hydrogen-bond acceptors (Lipinski definition) is 4. The number of benzene rings is 1. The number of nitrogens with zero attached hydrogens (tertiary/aromatic N) is 1. The lowest BCUT2D eigenvalue weighted by Crippen LogP contribution is -2.18. The summed E-state index contributed by atoms with van der Waals surface area (Å²) in [5.74, 6) is 0.426. The second-order valence-corrected chi connectivity index (χ2v) is 5.67. The summed E-state index contributed by atoms with van der Waals surface area (Å²) < 4.78 is 18.1. The van der Waals surface area contributed by atoms with E-state index in [0.29, 0.717) is 12.4 Å². The van der Waals surface area contributed by atoms with Crippen LogP contribution in [0.15, 0.2) is 47.6 Å². The van der Waals surface area contributed by atoms with Crippen molar-refractivity contribution in [2.24, 2.45) is 0 Å². The number of rotatable bonds is 8. The second-order valence-electron chi connectivity index (χ2n) is 4.62. The van der Waals surface area contributed by atoms with Crippen molar-refractivity contribution >= 4 is 11.8 Å². The summed E-state index contributed by atoms with van der Waals surface area (Å²) in [6, 6.07) is 9.87. The number of halogens is 1. The van der Waals surface area contributed by atoms with Crippen LogP contribution >= 0.6 is 11.8 Å². The van der Waals surface area contributed by atoms with Crippen LogP contribution in [0.25, 0.3) is 0 Å². The largest absolute Gasteiger partial charge is 0.383 e. The van der Waals surface area contributed by atoms with E-state index in [1.54, 1.807) is 25.1 Å². The first-order chi connectivity index (χ1) is 10.3. The van der Waals surface area contributed by atoms with E-state index in [2.05, 4.69) is 28.5 Å². The van der Waals surface area contributed by atoms with Crippen molar-refractivity contribution in [1.29, 1.82) is 0 Å². The van der Waals surface area contributed by atoms with Gasteiger partial charge < -0.3 is 10.1 Å². The van der Waals surface area contributed by atoms with E-state index < -0.39 is 0 Å². The van der Waals surface area contributed by atoms with E-state index in [0.717, 1.165) is 18.7 Å². The average molecular weight is 306 g/mol. The Morgan fingerprint density at radius 1 is 1.24 bits per heavy atom. The van der Waals surface area contributed by atoms with Crippen LogP contribution in [0.1, 0.15) is 11.1 Å². The molecule has 1 aromatic carbocycles. The quantitative estimate of drug-likeness (QED) is 0.600. The molecule has 3 nitrogen and oxygen atoms in total. The molecule has 0 saturated carbocycles. The predicted molar refractivity (Wildman–Crippen MR) is 83.8 cm³/mol. The predicted octanol–water partition coefficient (Wildman–Crippen LogP) is 3.25. The van der Waals surface area contributed by atoms with Crippen LogP contribution in [0.5, 0.6) is 0 Å². The molecule has 0 radical (unpaired) electrons. The van der Waals surface area contributed by atoms with Gasteiger partial charge in [-0.05, 0) is 29.3 Å². The topological polar surface area (TPSA) is 34.1 Å². The van der Waals surface area contributed by atoms with Gasteiger partial charge >= 0.3 is 0 Å². The van der Waals surface area contributed by atoms with Crippen LogP contribution in [0.2, 0.25) is 0 Å². The highest BCUT2D eigenvalue weighted by Gasteiger charge is 2.00. The zero-order chi connectivity index (χ0) is 14.9. The van der Waals surface area contributed by atoms with Crippen LogP contribution < -0.4 is 5.32 Å². The minimum Gasteiger partial charge on any atom is -0.383 e. The van der Waals surface area contributed by atoms with Gasteiger partial charge in [-0.3, -0.25) is 4.98 Å². The van der Waals surface area contributed by atoms with Crippen molar-refractivity contribution < 1.29 is 9.13 Å². The van der Waals surface area contributed by atoms with Gasteiger partial charge in [-0.15, -0.1) is 11.8 Å². The minimum atomic E-state index is -0.288. The van der Waals surface area contributed by atoms with Gasteiger partial charge in [-0.1, -0.05) is 12.1 Å². The SMILES string of the molecule is COCCNCc1cccc(SCc2cncc(F)c2)c1. The van der Waals surface area contributed by atoms with Crippen LogP contribution in [-0.4, -0.2) is 25.2 Å². The fourth-order valence-corrected chi connectivity index (χ4v) is 2.75. The highest BCUT2D eigenvalue weighted by atomic mass is 32.2. The maximum absolute atomic E-state index is 13.1. The van der Waals surface area contributed by atoms with Crippen molar-refractivity contribution in [2.75, 3.05) is 20.3 Å². The van der Waals surface area contributed by atoms with E-state index in [9.17, 15) is 4.39 Å². The van der Waals surface area contributed by atoms with E-state index in [-0.39, 0.29) is 5.82 Å². The molecule has 1 aromatic heterocycles. The Kier molecular flexibility index (Phi) is 6.66. The molecule has 5 heteroatoms. The molecule has 21 heavy (non-hydrogen) atoms. The molecule has 112 valence electrons. The summed E-state index contributed by atoms with van der Waals surface area (Å²) in [4.78, 5) is 5.03. The number of nitrogens with one attached hydrogen (secondary N) is 1. The Morgan fingerprint density at radius 3 is 2.95 bits per heavy atom. The van der Waals surface area contributed by atoms with Crippen molar-refractivity contribution in [3.63, 3.8) is 0 Å². The second kappa shape index (κ2) is 8.77. The van der Waals surface area contributed by atoms with Crippen molar-refractivity contribution in [3.8, 4) is 0 Å². The Hall–Kier alpha value is -1.43. The summed E-state index contributed by atoms with van der Waals surface area (Å²) in [5, 5.41) is 3.32. The summed E-state index contributed by atoms with van der Waals surface area (Å²) in [6.45, 7) is 2.36. The molecule has 0 atom stereocenters. The molecule has 0 aliphatic carbocycles. The van der Waals surface area contributed by atoms with Gasteiger partial charge in [0.1, 0.15) is 5.82 Å². The first-order valence-electron chi connectivity index (χ1n) is 6.79. The Balaban J connectivity index is 1.86. The monoisotopic (exact) mass is 306 g/mol. The molecule has 1 heterocycles. The Labute approximate surface area is 128 Å². The third-order valence-electron chi connectivity index (χ3n) is 2.88. The molecule has 0 aliphatic heterocycles. The molecule has 0 bridgehead atoms. The standard InChI is InChI=1S/C16H19FN2OS/c1-20-6-5-18-9-13-3-2-4-16(8-13)21-12-14-7-15(17)11-19-10-14/h2-4,7-8,10-11,18H,5-6,9,12H2,1H3. The molecular formula is C16H19FN2OS. The third kappa shape index (κ3) is 5.83. The van der Waals surface area contributed by atoms with Crippen LogP contribution in [-0.2, 0) is 17.0 Å². The number of pyridine rings is 1.